The summed E-state index contributed by atoms with van der Waals surface area (Å²) >= 11 is 0. The van der Waals surface area contributed by atoms with Crippen molar-refractivity contribution >= 4 is 18.0 Å². The summed E-state index contributed by atoms with van der Waals surface area (Å²) in [6.45, 7) is 8.34. The standard InChI is InChI=1S/C16H23N3O4/c1-5-22-13-8-7-12(14(9-13)23-6-2)10-17-19-16(21)15(20)18-11(3)4/h7-11H,5-6H2,1-4H3,(H,18,20)(H,19,21)/b17-10-. The zero-order valence-corrected chi connectivity index (χ0v) is 13.9. The molecule has 2 amide bonds. The maximum atomic E-state index is 11.5. The van der Waals surface area contributed by atoms with Crippen LogP contribution in [0.5, 0.6) is 11.5 Å². The number of carbonyl (C=O) groups excluding carboxylic acids is 2. The summed E-state index contributed by atoms with van der Waals surface area (Å²) in [6.07, 6.45) is 1.42. The fraction of sp³-hybridized carbons (Fsp3) is 0.438. The fourth-order valence-electron chi connectivity index (χ4n) is 1.70. The third kappa shape index (κ3) is 6.37. The van der Waals surface area contributed by atoms with E-state index in [0.717, 1.165) is 0 Å². The number of carbonyl (C=O) groups is 2. The van der Waals surface area contributed by atoms with E-state index in [1.807, 2.05) is 13.8 Å². The van der Waals surface area contributed by atoms with Gasteiger partial charge in [0.15, 0.2) is 0 Å². The number of benzene rings is 1. The van der Waals surface area contributed by atoms with Crippen molar-refractivity contribution in [1.82, 2.24) is 10.7 Å². The normalized spacial score (nSPS) is 10.7. The van der Waals surface area contributed by atoms with E-state index >= 15 is 0 Å². The average molecular weight is 321 g/mol. The maximum absolute atomic E-state index is 11.5. The van der Waals surface area contributed by atoms with Gasteiger partial charge in [0.1, 0.15) is 11.5 Å². The van der Waals surface area contributed by atoms with Gasteiger partial charge in [-0.2, -0.15) is 5.10 Å². The number of rotatable bonds is 7. The van der Waals surface area contributed by atoms with Crippen molar-refractivity contribution in [3.63, 3.8) is 0 Å². The zero-order chi connectivity index (χ0) is 17.2. The molecule has 0 saturated heterocycles. The van der Waals surface area contributed by atoms with Gasteiger partial charge in [0, 0.05) is 17.7 Å². The third-order valence-electron chi connectivity index (χ3n) is 2.59. The number of nitrogens with zero attached hydrogens (tertiary/aromatic N) is 1. The molecule has 0 heterocycles. The predicted molar refractivity (Wildman–Crippen MR) is 87.8 cm³/mol. The predicted octanol–water partition coefficient (Wildman–Crippen LogP) is 1.46. The van der Waals surface area contributed by atoms with Crippen LogP contribution in [0.15, 0.2) is 23.3 Å². The highest BCUT2D eigenvalue weighted by atomic mass is 16.5. The van der Waals surface area contributed by atoms with Crippen LogP contribution in [0, 0.1) is 0 Å². The van der Waals surface area contributed by atoms with Crippen molar-refractivity contribution < 1.29 is 19.1 Å². The first kappa shape index (κ1) is 18.5. The molecule has 126 valence electrons. The highest BCUT2D eigenvalue weighted by Gasteiger charge is 2.13. The Bertz CT molecular complexity index is 570. The second-order valence-electron chi connectivity index (χ2n) is 4.89. The number of hydrogen-bond donors (Lipinski definition) is 2. The summed E-state index contributed by atoms with van der Waals surface area (Å²) in [6, 6.07) is 5.18. The minimum absolute atomic E-state index is 0.118. The molecule has 7 heteroatoms. The molecule has 0 atom stereocenters. The quantitative estimate of drug-likeness (QED) is 0.452. The molecule has 0 radical (unpaired) electrons. The summed E-state index contributed by atoms with van der Waals surface area (Å²) in [4.78, 5) is 23.0. The Morgan fingerprint density at radius 3 is 2.48 bits per heavy atom. The van der Waals surface area contributed by atoms with Gasteiger partial charge in [0.25, 0.3) is 0 Å². The van der Waals surface area contributed by atoms with Crippen molar-refractivity contribution in [2.24, 2.45) is 5.10 Å². The molecule has 1 aromatic carbocycles. The van der Waals surface area contributed by atoms with E-state index in [4.69, 9.17) is 9.47 Å². The van der Waals surface area contributed by atoms with Gasteiger partial charge in [0.05, 0.1) is 19.4 Å². The first-order valence-electron chi connectivity index (χ1n) is 7.51. The van der Waals surface area contributed by atoms with Gasteiger partial charge in [-0.1, -0.05) is 0 Å². The molecule has 2 N–H and O–H groups in total. The Hall–Kier alpha value is -2.57. The lowest BCUT2D eigenvalue weighted by atomic mass is 10.2. The summed E-state index contributed by atoms with van der Waals surface area (Å²) in [5, 5.41) is 6.26. The van der Waals surface area contributed by atoms with E-state index in [-0.39, 0.29) is 6.04 Å². The van der Waals surface area contributed by atoms with Crippen molar-refractivity contribution in [3.8, 4) is 11.5 Å². The van der Waals surface area contributed by atoms with Crippen molar-refractivity contribution in [3.05, 3.63) is 23.8 Å². The lowest BCUT2D eigenvalue weighted by molar-refractivity contribution is -0.139. The van der Waals surface area contributed by atoms with Gasteiger partial charge in [-0.05, 0) is 39.8 Å². The first-order chi connectivity index (χ1) is 11.0. The van der Waals surface area contributed by atoms with Crippen LogP contribution in [0.1, 0.15) is 33.3 Å². The zero-order valence-electron chi connectivity index (χ0n) is 13.9. The fourth-order valence-corrected chi connectivity index (χ4v) is 1.70. The molecular formula is C16H23N3O4. The Kier molecular flexibility index (Phi) is 7.59. The Balaban J connectivity index is 2.75. The van der Waals surface area contributed by atoms with Crippen LogP contribution in [-0.4, -0.2) is 37.3 Å². The van der Waals surface area contributed by atoms with Gasteiger partial charge < -0.3 is 14.8 Å². The Morgan fingerprint density at radius 1 is 1.17 bits per heavy atom. The van der Waals surface area contributed by atoms with Gasteiger partial charge in [-0.3, -0.25) is 9.59 Å². The summed E-state index contributed by atoms with van der Waals surface area (Å²) in [5.41, 5.74) is 2.84. The molecule has 0 bridgehead atoms. The lowest BCUT2D eigenvalue weighted by Crippen LogP contribution is -2.41. The maximum Gasteiger partial charge on any atom is 0.329 e. The molecule has 0 unspecified atom stereocenters. The van der Waals surface area contributed by atoms with Gasteiger partial charge >= 0.3 is 11.8 Å². The second-order valence-corrected chi connectivity index (χ2v) is 4.89. The van der Waals surface area contributed by atoms with E-state index in [9.17, 15) is 9.59 Å². The molecule has 1 aromatic rings. The molecule has 0 aliphatic carbocycles. The van der Waals surface area contributed by atoms with Gasteiger partial charge in [0.2, 0.25) is 0 Å². The molecule has 1 rings (SSSR count). The van der Waals surface area contributed by atoms with E-state index in [1.54, 1.807) is 32.0 Å². The van der Waals surface area contributed by atoms with Crippen LogP contribution >= 0.6 is 0 Å². The molecule has 0 fully saturated rings. The Labute approximate surface area is 136 Å². The molecular weight excluding hydrogens is 298 g/mol. The number of ether oxygens (including phenoxy) is 2. The molecule has 23 heavy (non-hydrogen) atoms. The molecule has 7 nitrogen and oxygen atoms in total. The molecule has 0 saturated carbocycles. The van der Waals surface area contributed by atoms with E-state index < -0.39 is 11.8 Å². The molecule has 0 aromatic heterocycles. The van der Waals surface area contributed by atoms with Crippen LogP contribution in [0.2, 0.25) is 0 Å². The second kappa shape index (κ2) is 9.45. The third-order valence-corrected chi connectivity index (χ3v) is 2.59. The number of hydrogen-bond acceptors (Lipinski definition) is 5. The molecule has 0 spiro atoms. The smallest absolute Gasteiger partial charge is 0.329 e. The first-order valence-corrected chi connectivity index (χ1v) is 7.51. The SMILES string of the molecule is CCOc1ccc(/C=N\NC(=O)C(=O)NC(C)C)c(OCC)c1. The van der Waals surface area contributed by atoms with Crippen molar-refractivity contribution in [2.75, 3.05) is 13.2 Å². The van der Waals surface area contributed by atoms with Gasteiger partial charge in [-0.25, -0.2) is 5.43 Å². The van der Waals surface area contributed by atoms with Crippen LogP contribution in [0.25, 0.3) is 0 Å². The minimum atomic E-state index is -0.821. The summed E-state index contributed by atoms with van der Waals surface area (Å²) < 4.78 is 10.9. The van der Waals surface area contributed by atoms with Gasteiger partial charge in [-0.15, -0.1) is 0 Å². The minimum Gasteiger partial charge on any atom is -0.494 e. The van der Waals surface area contributed by atoms with Crippen LogP contribution < -0.4 is 20.2 Å². The average Bonchev–Trinajstić information content (AvgIpc) is 2.49. The van der Waals surface area contributed by atoms with Crippen LogP contribution in [0.4, 0.5) is 0 Å². The van der Waals surface area contributed by atoms with Crippen molar-refractivity contribution in [1.29, 1.82) is 0 Å². The lowest BCUT2D eigenvalue weighted by Gasteiger charge is -2.10. The van der Waals surface area contributed by atoms with Crippen LogP contribution in [-0.2, 0) is 9.59 Å². The Morgan fingerprint density at radius 2 is 1.87 bits per heavy atom. The molecule has 0 aliphatic rings. The topological polar surface area (TPSA) is 89.0 Å². The van der Waals surface area contributed by atoms with Crippen LogP contribution in [0.3, 0.4) is 0 Å². The summed E-state index contributed by atoms with van der Waals surface area (Å²) in [5.74, 6) is -0.274. The van der Waals surface area contributed by atoms with E-state index in [1.165, 1.54) is 6.21 Å². The summed E-state index contributed by atoms with van der Waals surface area (Å²) in [7, 11) is 0. The largest absolute Gasteiger partial charge is 0.494 e. The number of amides is 2. The number of hydrazone groups is 1. The molecule has 0 aliphatic heterocycles. The van der Waals surface area contributed by atoms with E-state index in [2.05, 4.69) is 15.8 Å². The highest BCUT2D eigenvalue weighted by Crippen LogP contribution is 2.23. The number of nitrogens with one attached hydrogen (secondary N) is 2. The highest BCUT2D eigenvalue weighted by molar-refractivity contribution is 6.35. The monoisotopic (exact) mass is 321 g/mol. The van der Waals surface area contributed by atoms with E-state index in [0.29, 0.717) is 30.3 Å². The van der Waals surface area contributed by atoms with Crippen molar-refractivity contribution in [2.45, 2.75) is 33.7 Å².